The van der Waals surface area contributed by atoms with Gasteiger partial charge in [0, 0.05) is 10.5 Å². The number of nitrogen functional groups attached to an aromatic ring is 1. The molecule has 0 fully saturated rings. The smallest absolute Gasteiger partial charge is 0.225 e. The van der Waals surface area contributed by atoms with Crippen LogP contribution >= 0.6 is 27.7 Å². The summed E-state index contributed by atoms with van der Waals surface area (Å²) in [6, 6.07) is 5.90. The molecule has 0 atom stereocenters. The summed E-state index contributed by atoms with van der Waals surface area (Å²) in [6.45, 7) is 0. The molecule has 3 N–H and O–H groups in total. The highest BCUT2D eigenvalue weighted by atomic mass is 79.9. The molecule has 0 spiro atoms. The lowest BCUT2D eigenvalue weighted by Crippen LogP contribution is -2.09. The number of nitrogens with two attached hydrogens (primary N) is 1. The number of anilines is 1. The summed E-state index contributed by atoms with van der Waals surface area (Å²) >= 11 is 4.58. The second-order valence-corrected chi connectivity index (χ2v) is 5.09. The number of aromatic nitrogens is 2. The summed E-state index contributed by atoms with van der Waals surface area (Å²) in [5.41, 5.74) is 2.41. The fourth-order valence-corrected chi connectivity index (χ4v) is 2.00. The van der Waals surface area contributed by atoms with Gasteiger partial charge < -0.3 is 10.2 Å². The SMILES string of the molecule is CSc1nc(NN)cc(Oc2cc(Br)ccc2F)n1. The zero-order chi connectivity index (χ0) is 13.8. The molecule has 0 amide bonds. The van der Waals surface area contributed by atoms with E-state index in [1.54, 1.807) is 6.07 Å². The molecular weight excluding hydrogens is 335 g/mol. The molecule has 1 aromatic heterocycles. The Bertz CT molecular complexity index is 577. The fraction of sp³-hybridized carbons (Fsp3) is 0.0909. The van der Waals surface area contributed by atoms with Gasteiger partial charge in [0.2, 0.25) is 5.88 Å². The van der Waals surface area contributed by atoms with Gasteiger partial charge in [0.15, 0.2) is 16.7 Å². The van der Waals surface area contributed by atoms with Crippen LogP contribution in [0.4, 0.5) is 10.2 Å². The van der Waals surface area contributed by atoms with Crippen LogP contribution in [0.25, 0.3) is 0 Å². The van der Waals surface area contributed by atoms with E-state index >= 15 is 0 Å². The van der Waals surface area contributed by atoms with E-state index in [0.717, 1.165) is 0 Å². The monoisotopic (exact) mass is 344 g/mol. The minimum Gasteiger partial charge on any atom is -0.436 e. The summed E-state index contributed by atoms with van der Waals surface area (Å²) in [4.78, 5) is 8.20. The Labute approximate surface area is 121 Å². The Morgan fingerprint density at radius 1 is 1.37 bits per heavy atom. The second-order valence-electron chi connectivity index (χ2n) is 3.40. The van der Waals surface area contributed by atoms with Crippen molar-refractivity contribution in [3.05, 3.63) is 34.6 Å². The van der Waals surface area contributed by atoms with Crippen LogP contribution in [0.2, 0.25) is 0 Å². The molecule has 0 saturated carbocycles. The molecule has 0 saturated heterocycles. The Kier molecular flexibility index (Phi) is 4.56. The molecule has 2 aromatic rings. The van der Waals surface area contributed by atoms with Crippen molar-refractivity contribution in [1.82, 2.24) is 9.97 Å². The van der Waals surface area contributed by atoms with Crippen molar-refractivity contribution in [2.24, 2.45) is 5.84 Å². The van der Waals surface area contributed by atoms with E-state index in [2.05, 4.69) is 31.3 Å². The van der Waals surface area contributed by atoms with Gasteiger partial charge in [0.05, 0.1) is 0 Å². The predicted octanol–water partition coefficient (Wildman–Crippen LogP) is 3.18. The lowest BCUT2D eigenvalue weighted by molar-refractivity contribution is 0.422. The zero-order valence-electron chi connectivity index (χ0n) is 9.85. The summed E-state index contributed by atoms with van der Waals surface area (Å²) in [7, 11) is 0. The second kappa shape index (κ2) is 6.18. The predicted molar refractivity (Wildman–Crippen MR) is 75.8 cm³/mol. The van der Waals surface area contributed by atoms with Gasteiger partial charge in [0.1, 0.15) is 5.82 Å². The third-order valence-electron chi connectivity index (χ3n) is 2.12. The normalized spacial score (nSPS) is 10.3. The third-order valence-corrected chi connectivity index (χ3v) is 3.16. The van der Waals surface area contributed by atoms with Crippen molar-refractivity contribution < 1.29 is 9.13 Å². The number of rotatable bonds is 4. The number of halogens is 2. The van der Waals surface area contributed by atoms with Gasteiger partial charge in [0.25, 0.3) is 0 Å². The van der Waals surface area contributed by atoms with Crippen LogP contribution in [0.15, 0.2) is 33.9 Å². The largest absolute Gasteiger partial charge is 0.436 e. The van der Waals surface area contributed by atoms with Gasteiger partial charge in [-0.2, -0.15) is 4.98 Å². The molecule has 5 nitrogen and oxygen atoms in total. The molecule has 0 radical (unpaired) electrons. The standard InChI is InChI=1S/C11H10BrFN4OS/c1-19-11-15-9(17-14)5-10(16-11)18-8-4-6(12)2-3-7(8)13/h2-5H,14H2,1H3,(H,15,16,17). The lowest BCUT2D eigenvalue weighted by atomic mass is 10.3. The number of hydrazine groups is 1. The number of nitrogens with zero attached hydrogens (tertiary/aromatic N) is 2. The van der Waals surface area contributed by atoms with Crippen LogP contribution in [0.3, 0.4) is 0 Å². The Balaban J connectivity index is 2.34. The van der Waals surface area contributed by atoms with Crippen molar-refractivity contribution in [2.75, 3.05) is 11.7 Å². The van der Waals surface area contributed by atoms with Gasteiger partial charge in [-0.1, -0.05) is 27.7 Å². The topological polar surface area (TPSA) is 73.1 Å². The van der Waals surface area contributed by atoms with Gasteiger partial charge in [-0.3, -0.25) is 0 Å². The number of hydrogen-bond donors (Lipinski definition) is 2. The first-order valence-corrected chi connectivity index (χ1v) is 7.16. The van der Waals surface area contributed by atoms with E-state index in [1.807, 2.05) is 6.26 Å². The van der Waals surface area contributed by atoms with E-state index < -0.39 is 5.82 Å². The van der Waals surface area contributed by atoms with E-state index in [-0.39, 0.29) is 11.6 Å². The molecular formula is C11H10BrFN4OS. The fourth-order valence-electron chi connectivity index (χ4n) is 1.29. The molecule has 0 aliphatic carbocycles. The Morgan fingerprint density at radius 2 is 2.16 bits per heavy atom. The number of ether oxygens (including phenoxy) is 1. The first kappa shape index (κ1) is 14.0. The van der Waals surface area contributed by atoms with E-state index in [1.165, 1.54) is 30.0 Å². The number of hydrogen-bond acceptors (Lipinski definition) is 6. The average molecular weight is 345 g/mol. The van der Waals surface area contributed by atoms with Crippen molar-refractivity contribution in [3.8, 4) is 11.6 Å². The number of thioether (sulfide) groups is 1. The zero-order valence-corrected chi connectivity index (χ0v) is 12.3. The number of benzene rings is 1. The molecule has 0 unspecified atom stereocenters. The average Bonchev–Trinajstić information content (AvgIpc) is 2.42. The molecule has 0 bridgehead atoms. The van der Waals surface area contributed by atoms with Crippen molar-refractivity contribution in [1.29, 1.82) is 0 Å². The Morgan fingerprint density at radius 3 is 2.84 bits per heavy atom. The maximum Gasteiger partial charge on any atom is 0.225 e. The summed E-state index contributed by atoms with van der Waals surface area (Å²) in [6.07, 6.45) is 1.82. The minimum atomic E-state index is -0.477. The van der Waals surface area contributed by atoms with E-state index in [4.69, 9.17) is 10.6 Å². The molecule has 0 aliphatic rings. The van der Waals surface area contributed by atoms with Crippen molar-refractivity contribution in [3.63, 3.8) is 0 Å². The molecule has 19 heavy (non-hydrogen) atoms. The molecule has 0 aliphatic heterocycles. The van der Waals surface area contributed by atoms with Gasteiger partial charge >= 0.3 is 0 Å². The quantitative estimate of drug-likeness (QED) is 0.384. The molecule has 1 aromatic carbocycles. The highest BCUT2D eigenvalue weighted by Crippen LogP contribution is 2.28. The first-order chi connectivity index (χ1) is 9.12. The molecule has 100 valence electrons. The van der Waals surface area contributed by atoms with Crippen LogP contribution in [0.1, 0.15) is 0 Å². The minimum absolute atomic E-state index is 0.0723. The van der Waals surface area contributed by atoms with E-state index in [0.29, 0.717) is 15.4 Å². The summed E-state index contributed by atoms with van der Waals surface area (Å²) < 4.78 is 19.7. The highest BCUT2D eigenvalue weighted by molar-refractivity contribution is 9.10. The number of nitrogens with one attached hydrogen (secondary N) is 1. The van der Waals surface area contributed by atoms with Crippen molar-refractivity contribution in [2.45, 2.75) is 5.16 Å². The molecule has 8 heteroatoms. The summed E-state index contributed by atoms with van der Waals surface area (Å²) in [5.74, 6) is 5.50. The maximum atomic E-state index is 13.6. The summed E-state index contributed by atoms with van der Waals surface area (Å²) in [5, 5.41) is 0.473. The third kappa shape index (κ3) is 3.55. The molecule has 2 rings (SSSR count). The first-order valence-electron chi connectivity index (χ1n) is 5.15. The molecule has 1 heterocycles. The van der Waals surface area contributed by atoms with Crippen LogP contribution in [0.5, 0.6) is 11.6 Å². The van der Waals surface area contributed by atoms with Crippen LogP contribution in [-0.2, 0) is 0 Å². The van der Waals surface area contributed by atoms with Crippen LogP contribution in [-0.4, -0.2) is 16.2 Å². The van der Waals surface area contributed by atoms with Gasteiger partial charge in [-0.15, -0.1) is 0 Å². The maximum absolute atomic E-state index is 13.6. The van der Waals surface area contributed by atoms with E-state index in [9.17, 15) is 4.39 Å². The van der Waals surface area contributed by atoms with Crippen molar-refractivity contribution >= 4 is 33.5 Å². The Hall–Kier alpha value is -1.38. The van der Waals surface area contributed by atoms with Gasteiger partial charge in [-0.25, -0.2) is 15.2 Å². The van der Waals surface area contributed by atoms with Gasteiger partial charge in [-0.05, 0) is 24.5 Å². The van der Waals surface area contributed by atoms with Crippen LogP contribution in [0, 0.1) is 5.82 Å². The lowest BCUT2D eigenvalue weighted by Gasteiger charge is -2.08. The van der Waals surface area contributed by atoms with Crippen LogP contribution < -0.4 is 16.0 Å². The highest BCUT2D eigenvalue weighted by Gasteiger charge is 2.09.